The fourth-order valence-corrected chi connectivity index (χ4v) is 3.78. The highest BCUT2D eigenvalue weighted by Gasteiger charge is 2.20. The van der Waals surface area contributed by atoms with Crippen molar-refractivity contribution in [3.63, 3.8) is 0 Å². The van der Waals surface area contributed by atoms with E-state index < -0.39 is 0 Å². The molecule has 136 valence electrons. The van der Waals surface area contributed by atoms with E-state index in [1.807, 2.05) is 18.7 Å². The molecule has 7 heteroatoms. The number of aryl methyl sites for hydroxylation is 3. The van der Waals surface area contributed by atoms with Gasteiger partial charge in [0.1, 0.15) is 5.39 Å². The SMILES string of the molecule is Cc1cc(C)c(-n2cc3c(=O)[nH]c(N4CCC(O)CC4)nc3n2)c(C)c1. The predicted molar refractivity (Wildman–Crippen MR) is 101 cm³/mol. The molecule has 0 bridgehead atoms. The van der Waals surface area contributed by atoms with Crippen LogP contribution in [0.25, 0.3) is 16.7 Å². The van der Waals surface area contributed by atoms with Crippen molar-refractivity contribution in [3.05, 3.63) is 45.4 Å². The zero-order chi connectivity index (χ0) is 18.4. The number of anilines is 1. The first-order valence-electron chi connectivity index (χ1n) is 8.93. The van der Waals surface area contributed by atoms with E-state index in [0.717, 1.165) is 16.8 Å². The molecule has 4 rings (SSSR count). The lowest BCUT2D eigenvalue weighted by Crippen LogP contribution is -2.37. The second-order valence-corrected chi connectivity index (χ2v) is 7.17. The van der Waals surface area contributed by atoms with Crippen LogP contribution in [0, 0.1) is 20.8 Å². The lowest BCUT2D eigenvalue weighted by Gasteiger charge is -2.29. The van der Waals surface area contributed by atoms with Gasteiger partial charge in [0.05, 0.1) is 11.8 Å². The van der Waals surface area contributed by atoms with Crippen LogP contribution in [-0.4, -0.2) is 44.0 Å². The van der Waals surface area contributed by atoms with Crippen molar-refractivity contribution in [3.8, 4) is 5.69 Å². The topological polar surface area (TPSA) is 87.0 Å². The Labute approximate surface area is 151 Å². The van der Waals surface area contributed by atoms with Gasteiger partial charge in [-0.3, -0.25) is 9.78 Å². The average Bonchev–Trinajstić information content (AvgIpc) is 2.98. The Kier molecular flexibility index (Phi) is 4.03. The summed E-state index contributed by atoms with van der Waals surface area (Å²) >= 11 is 0. The minimum absolute atomic E-state index is 0.190. The van der Waals surface area contributed by atoms with E-state index in [2.05, 4.69) is 34.1 Å². The van der Waals surface area contributed by atoms with Gasteiger partial charge in [0, 0.05) is 19.3 Å². The van der Waals surface area contributed by atoms with E-state index in [1.165, 1.54) is 5.56 Å². The third-order valence-electron chi connectivity index (χ3n) is 5.01. The largest absolute Gasteiger partial charge is 0.393 e. The molecule has 2 N–H and O–H groups in total. The fourth-order valence-electron chi connectivity index (χ4n) is 3.78. The second-order valence-electron chi connectivity index (χ2n) is 7.17. The quantitative estimate of drug-likeness (QED) is 0.736. The summed E-state index contributed by atoms with van der Waals surface area (Å²) in [5, 5.41) is 14.7. The zero-order valence-electron chi connectivity index (χ0n) is 15.3. The standard InChI is InChI=1S/C19H23N5O2/c1-11-8-12(2)16(13(3)9-11)24-10-15-17(22-24)20-19(21-18(15)26)23-6-4-14(25)5-7-23/h8-10,14,25H,4-7H2,1-3H3,(H,20,21,22,26). The van der Waals surface area contributed by atoms with Gasteiger partial charge >= 0.3 is 0 Å². The van der Waals surface area contributed by atoms with E-state index >= 15 is 0 Å². The van der Waals surface area contributed by atoms with E-state index in [9.17, 15) is 9.90 Å². The first-order chi connectivity index (χ1) is 12.4. The summed E-state index contributed by atoms with van der Waals surface area (Å²) in [7, 11) is 0. The molecule has 1 aromatic carbocycles. The average molecular weight is 353 g/mol. The minimum Gasteiger partial charge on any atom is -0.393 e. The zero-order valence-corrected chi connectivity index (χ0v) is 15.3. The normalized spacial score (nSPS) is 15.8. The number of aliphatic hydroxyl groups is 1. The molecule has 0 aliphatic carbocycles. The number of rotatable bonds is 2. The van der Waals surface area contributed by atoms with Gasteiger partial charge < -0.3 is 10.0 Å². The monoisotopic (exact) mass is 353 g/mol. The first kappa shape index (κ1) is 16.8. The number of piperidine rings is 1. The Morgan fingerprint density at radius 2 is 1.81 bits per heavy atom. The van der Waals surface area contributed by atoms with Crippen LogP contribution in [0.3, 0.4) is 0 Å². The van der Waals surface area contributed by atoms with Crippen molar-refractivity contribution >= 4 is 17.0 Å². The van der Waals surface area contributed by atoms with Gasteiger partial charge in [-0.25, -0.2) is 4.68 Å². The van der Waals surface area contributed by atoms with Crippen LogP contribution in [-0.2, 0) is 0 Å². The summed E-state index contributed by atoms with van der Waals surface area (Å²) in [5.41, 5.74) is 4.65. The molecule has 7 nitrogen and oxygen atoms in total. The number of aromatic nitrogens is 4. The number of hydrogen-bond donors (Lipinski definition) is 2. The molecule has 0 unspecified atom stereocenters. The van der Waals surface area contributed by atoms with Crippen molar-refractivity contribution in [1.82, 2.24) is 19.7 Å². The van der Waals surface area contributed by atoms with Crippen molar-refractivity contribution in [2.75, 3.05) is 18.0 Å². The summed E-state index contributed by atoms with van der Waals surface area (Å²) < 4.78 is 1.75. The molecule has 1 saturated heterocycles. The van der Waals surface area contributed by atoms with Crippen molar-refractivity contribution < 1.29 is 5.11 Å². The van der Waals surface area contributed by atoms with E-state index in [1.54, 1.807) is 10.9 Å². The van der Waals surface area contributed by atoms with Gasteiger partial charge in [-0.15, -0.1) is 5.10 Å². The van der Waals surface area contributed by atoms with E-state index in [-0.39, 0.29) is 11.7 Å². The van der Waals surface area contributed by atoms with Crippen LogP contribution in [0.2, 0.25) is 0 Å². The number of H-pyrrole nitrogens is 1. The summed E-state index contributed by atoms with van der Waals surface area (Å²) in [4.78, 5) is 22.0. The third kappa shape index (κ3) is 2.88. The van der Waals surface area contributed by atoms with Crippen LogP contribution in [0.1, 0.15) is 29.5 Å². The lowest BCUT2D eigenvalue weighted by molar-refractivity contribution is 0.145. The van der Waals surface area contributed by atoms with Gasteiger partial charge in [-0.2, -0.15) is 4.98 Å². The van der Waals surface area contributed by atoms with Crippen LogP contribution in [0.15, 0.2) is 23.1 Å². The number of nitrogens with one attached hydrogen (secondary N) is 1. The van der Waals surface area contributed by atoms with Crippen molar-refractivity contribution in [2.24, 2.45) is 0 Å². The molecule has 0 spiro atoms. The van der Waals surface area contributed by atoms with Crippen LogP contribution in [0.5, 0.6) is 0 Å². The van der Waals surface area contributed by atoms with E-state index in [0.29, 0.717) is 42.9 Å². The van der Waals surface area contributed by atoms with E-state index in [4.69, 9.17) is 0 Å². The highest BCUT2D eigenvalue weighted by molar-refractivity contribution is 5.75. The fraction of sp³-hybridized carbons (Fsp3) is 0.421. The van der Waals surface area contributed by atoms with Crippen LogP contribution >= 0.6 is 0 Å². The molecule has 0 saturated carbocycles. The van der Waals surface area contributed by atoms with Crippen LogP contribution < -0.4 is 10.5 Å². The highest BCUT2D eigenvalue weighted by atomic mass is 16.3. The number of hydrogen-bond acceptors (Lipinski definition) is 5. The summed E-state index contributed by atoms with van der Waals surface area (Å²) in [6, 6.07) is 4.22. The van der Waals surface area contributed by atoms with Gasteiger partial charge in [0.25, 0.3) is 5.56 Å². The molecular weight excluding hydrogens is 330 g/mol. The molecule has 26 heavy (non-hydrogen) atoms. The maximum Gasteiger partial charge on any atom is 0.263 e. The summed E-state index contributed by atoms with van der Waals surface area (Å²) in [6.45, 7) is 7.50. The number of fused-ring (bicyclic) bond motifs is 1. The Balaban J connectivity index is 1.79. The minimum atomic E-state index is -0.270. The molecule has 0 amide bonds. The Hall–Kier alpha value is -2.67. The summed E-state index contributed by atoms with van der Waals surface area (Å²) in [5.74, 6) is 0.525. The maximum absolute atomic E-state index is 12.6. The highest BCUT2D eigenvalue weighted by Crippen LogP contribution is 2.22. The third-order valence-corrected chi connectivity index (χ3v) is 5.01. The van der Waals surface area contributed by atoms with Gasteiger partial charge in [0.2, 0.25) is 5.95 Å². The Morgan fingerprint density at radius 3 is 2.46 bits per heavy atom. The lowest BCUT2D eigenvalue weighted by atomic mass is 10.1. The Morgan fingerprint density at radius 1 is 1.15 bits per heavy atom. The van der Waals surface area contributed by atoms with Gasteiger partial charge in [0.15, 0.2) is 5.65 Å². The van der Waals surface area contributed by atoms with Crippen molar-refractivity contribution in [2.45, 2.75) is 39.7 Å². The van der Waals surface area contributed by atoms with Crippen molar-refractivity contribution in [1.29, 1.82) is 0 Å². The van der Waals surface area contributed by atoms with Crippen LogP contribution in [0.4, 0.5) is 5.95 Å². The molecule has 3 aromatic rings. The molecule has 1 aliphatic heterocycles. The number of nitrogens with zero attached hydrogens (tertiary/aromatic N) is 4. The molecule has 1 fully saturated rings. The molecular formula is C19H23N5O2. The number of aromatic amines is 1. The molecule has 0 atom stereocenters. The Bertz CT molecular complexity index is 1010. The second kappa shape index (κ2) is 6.25. The van der Waals surface area contributed by atoms with Gasteiger partial charge in [-0.05, 0) is 44.7 Å². The van der Waals surface area contributed by atoms with Gasteiger partial charge in [-0.1, -0.05) is 17.7 Å². The summed E-state index contributed by atoms with van der Waals surface area (Å²) in [6.07, 6.45) is 2.83. The number of aliphatic hydroxyl groups excluding tert-OH is 1. The maximum atomic E-state index is 12.6. The smallest absolute Gasteiger partial charge is 0.263 e. The molecule has 3 heterocycles. The first-order valence-corrected chi connectivity index (χ1v) is 8.93. The number of benzene rings is 1. The molecule has 1 aliphatic rings. The molecule has 0 radical (unpaired) electrons. The molecule has 2 aromatic heterocycles. The predicted octanol–water partition coefficient (Wildman–Crippen LogP) is 2.00.